The highest BCUT2D eigenvalue weighted by molar-refractivity contribution is 7.21. The van der Waals surface area contributed by atoms with Crippen molar-refractivity contribution in [3.05, 3.63) is 94.0 Å². The fourth-order valence-corrected chi connectivity index (χ4v) is 3.78. The van der Waals surface area contributed by atoms with E-state index < -0.39 is 4.92 Å². The molecule has 1 heterocycles. The normalized spacial score (nSPS) is 10.8. The summed E-state index contributed by atoms with van der Waals surface area (Å²) < 4.78 is 1.04. The van der Waals surface area contributed by atoms with E-state index in [4.69, 9.17) is 0 Å². The number of carbonyl (C=O) groups is 1. The zero-order chi connectivity index (χ0) is 18.1. The number of para-hydroxylation sites is 1. The number of fused-ring (bicyclic) bond motifs is 1. The SMILES string of the molecule is O=C(c1cccc([N+](=O)[O-])c1)c1ccccc1-c1nc2ccccc2s1. The molecule has 0 saturated carbocycles. The van der Waals surface area contributed by atoms with Crippen LogP contribution in [0.15, 0.2) is 72.8 Å². The van der Waals surface area contributed by atoms with Crippen molar-refractivity contribution < 1.29 is 9.72 Å². The third kappa shape index (κ3) is 2.87. The van der Waals surface area contributed by atoms with Crippen molar-refractivity contribution in [2.75, 3.05) is 0 Å². The Morgan fingerprint density at radius 3 is 2.54 bits per heavy atom. The van der Waals surface area contributed by atoms with E-state index in [0.29, 0.717) is 5.56 Å². The van der Waals surface area contributed by atoms with Gasteiger partial charge in [-0.15, -0.1) is 11.3 Å². The summed E-state index contributed by atoms with van der Waals surface area (Å²) in [6, 6.07) is 20.8. The maximum absolute atomic E-state index is 13.0. The monoisotopic (exact) mass is 360 g/mol. The first-order valence-corrected chi connectivity index (χ1v) is 8.69. The number of thiazole rings is 1. The summed E-state index contributed by atoms with van der Waals surface area (Å²) in [4.78, 5) is 28.1. The van der Waals surface area contributed by atoms with Gasteiger partial charge in [-0.25, -0.2) is 4.98 Å². The zero-order valence-corrected chi connectivity index (χ0v) is 14.3. The third-order valence-electron chi connectivity index (χ3n) is 4.02. The summed E-state index contributed by atoms with van der Waals surface area (Å²) in [7, 11) is 0. The van der Waals surface area contributed by atoms with Crippen molar-refractivity contribution in [1.29, 1.82) is 0 Å². The molecule has 0 N–H and O–H groups in total. The van der Waals surface area contributed by atoms with Gasteiger partial charge in [0, 0.05) is 28.8 Å². The molecule has 0 radical (unpaired) electrons. The molecule has 0 amide bonds. The second kappa shape index (κ2) is 6.50. The molecular formula is C20H12N2O3S. The summed E-state index contributed by atoms with van der Waals surface area (Å²) in [6.45, 7) is 0. The van der Waals surface area contributed by atoms with Gasteiger partial charge in [0.05, 0.1) is 15.1 Å². The molecule has 0 fully saturated rings. The van der Waals surface area contributed by atoms with E-state index in [0.717, 1.165) is 20.8 Å². The van der Waals surface area contributed by atoms with Crippen molar-refractivity contribution in [2.45, 2.75) is 0 Å². The first-order valence-electron chi connectivity index (χ1n) is 7.87. The highest BCUT2D eigenvalue weighted by atomic mass is 32.1. The molecule has 0 atom stereocenters. The van der Waals surface area contributed by atoms with E-state index in [1.165, 1.54) is 29.5 Å². The second-order valence-electron chi connectivity index (χ2n) is 5.67. The maximum atomic E-state index is 13.0. The van der Waals surface area contributed by atoms with Crippen LogP contribution in [-0.2, 0) is 0 Å². The standard InChI is InChI=1S/C20H12N2O3S/c23-19(13-6-5-7-14(12-13)22(24)25)15-8-1-2-9-16(15)20-21-17-10-3-4-11-18(17)26-20/h1-12H. The van der Waals surface area contributed by atoms with Gasteiger partial charge in [0.2, 0.25) is 0 Å². The quantitative estimate of drug-likeness (QED) is 0.288. The van der Waals surface area contributed by atoms with Crippen LogP contribution in [0.4, 0.5) is 5.69 Å². The Bertz CT molecular complexity index is 1120. The molecule has 0 aliphatic heterocycles. The van der Waals surface area contributed by atoms with Gasteiger partial charge in [-0.3, -0.25) is 14.9 Å². The molecule has 0 unspecified atom stereocenters. The first-order chi connectivity index (χ1) is 12.6. The molecular weight excluding hydrogens is 348 g/mol. The summed E-state index contributed by atoms with van der Waals surface area (Å²) >= 11 is 1.51. The lowest BCUT2D eigenvalue weighted by Gasteiger charge is -2.06. The Hall–Kier alpha value is -3.38. The number of hydrogen-bond donors (Lipinski definition) is 0. The molecule has 4 rings (SSSR count). The average Bonchev–Trinajstić information content (AvgIpc) is 3.11. The van der Waals surface area contributed by atoms with Crippen LogP contribution in [-0.4, -0.2) is 15.7 Å². The predicted octanol–water partition coefficient (Wildman–Crippen LogP) is 5.10. The Balaban J connectivity index is 1.82. The molecule has 0 aliphatic rings. The highest BCUT2D eigenvalue weighted by Gasteiger charge is 2.18. The van der Waals surface area contributed by atoms with Crippen molar-refractivity contribution in [2.24, 2.45) is 0 Å². The van der Waals surface area contributed by atoms with Crippen LogP contribution in [0.5, 0.6) is 0 Å². The number of nitro benzene ring substituents is 1. The van der Waals surface area contributed by atoms with Crippen molar-refractivity contribution in [3.63, 3.8) is 0 Å². The molecule has 0 aliphatic carbocycles. The number of carbonyl (C=O) groups excluding carboxylic acids is 1. The van der Waals surface area contributed by atoms with Gasteiger partial charge < -0.3 is 0 Å². The molecule has 0 bridgehead atoms. The largest absolute Gasteiger partial charge is 0.289 e. The fourth-order valence-electron chi connectivity index (χ4n) is 2.77. The molecule has 3 aromatic carbocycles. The van der Waals surface area contributed by atoms with Crippen LogP contribution in [0.2, 0.25) is 0 Å². The van der Waals surface area contributed by atoms with E-state index in [-0.39, 0.29) is 17.0 Å². The van der Waals surface area contributed by atoms with Crippen LogP contribution in [0.25, 0.3) is 20.8 Å². The van der Waals surface area contributed by atoms with Gasteiger partial charge >= 0.3 is 0 Å². The number of ketones is 1. The van der Waals surface area contributed by atoms with Crippen LogP contribution in [0.3, 0.4) is 0 Å². The van der Waals surface area contributed by atoms with E-state index in [1.807, 2.05) is 36.4 Å². The van der Waals surface area contributed by atoms with E-state index in [9.17, 15) is 14.9 Å². The number of rotatable bonds is 4. The molecule has 126 valence electrons. The Morgan fingerprint density at radius 2 is 1.73 bits per heavy atom. The number of nitrogens with zero attached hydrogens (tertiary/aromatic N) is 2. The minimum absolute atomic E-state index is 0.103. The zero-order valence-electron chi connectivity index (χ0n) is 13.5. The van der Waals surface area contributed by atoms with Crippen LogP contribution in [0.1, 0.15) is 15.9 Å². The summed E-state index contributed by atoms with van der Waals surface area (Å²) in [5.41, 5.74) is 2.27. The predicted molar refractivity (Wildman–Crippen MR) is 102 cm³/mol. The molecule has 6 heteroatoms. The number of non-ortho nitro benzene ring substituents is 1. The van der Waals surface area contributed by atoms with Crippen molar-refractivity contribution >= 4 is 33.0 Å². The van der Waals surface area contributed by atoms with Gasteiger partial charge in [-0.1, -0.05) is 48.5 Å². The minimum atomic E-state index is -0.504. The number of benzene rings is 3. The Morgan fingerprint density at radius 1 is 0.962 bits per heavy atom. The number of aromatic nitrogens is 1. The summed E-state index contributed by atoms with van der Waals surface area (Å²) in [5, 5.41) is 11.7. The van der Waals surface area contributed by atoms with E-state index in [2.05, 4.69) is 4.98 Å². The van der Waals surface area contributed by atoms with Crippen LogP contribution < -0.4 is 0 Å². The first kappa shape index (κ1) is 16.1. The van der Waals surface area contributed by atoms with Gasteiger partial charge in [0.25, 0.3) is 5.69 Å². The number of nitro groups is 1. The van der Waals surface area contributed by atoms with Crippen molar-refractivity contribution in [3.8, 4) is 10.6 Å². The molecule has 5 nitrogen and oxygen atoms in total. The molecule has 26 heavy (non-hydrogen) atoms. The van der Waals surface area contributed by atoms with Gasteiger partial charge in [-0.05, 0) is 12.1 Å². The van der Waals surface area contributed by atoms with Gasteiger partial charge in [0.1, 0.15) is 5.01 Å². The maximum Gasteiger partial charge on any atom is 0.270 e. The fraction of sp³-hybridized carbons (Fsp3) is 0. The third-order valence-corrected chi connectivity index (χ3v) is 5.08. The smallest absolute Gasteiger partial charge is 0.270 e. The van der Waals surface area contributed by atoms with E-state index >= 15 is 0 Å². The van der Waals surface area contributed by atoms with Crippen LogP contribution in [0, 0.1) is 10.1 Å². The Kier molecular flexibility index (Phi) is 4.02. The second-order valence-corrected chi connectivity index (χ2v) is 6.70. The van der Waals surface area contributed by atoms with E-state index in [1.54, 1.807) is 18.2 Å². The minimum Gasteiger partial charge on any atom is -0.289 e. The summed E-state index contributed by atoms with van der Waals surface area (Å²) in [6.07, 6.45) is 0. The molecule has 0 spiro atoms. The lowest BCUT2D eigenvalue weighted by molar-refractivity contribution is -0.384. The molecule has 1 aromatic heterocycles. The number of hydrogen-bond acceptors (Lipinski definition) is 5. The molecule has 4 aromatic rings. The average molecular weight is 360 g/mol. The highest BCUT2D eigenvalue weighted by Crippen LogP contribution is 2.33. The van der Waals surface area contributed by atoms with Gasteiger partial charge in [-0.2, -0.15) is 0 Å². The lowest BCUT2D eigenvalue weighted by Crippen LogP contribution is -2.04. The lowest BCUT2D eigenvalue weighted by atomic mass is 9.98. The van der Waals surface area contributed by atoms with Crippen LogP contribution >= 0.6 is 11.3 Å². The Labute approximate surface area is 152 Å². The van der Waals surface area contributed by atoms with Gasteiger partial charge in [0.15, 0.2) is 5.78 Å². The van der Waals surface area contributed by atoms with Crippen molar-refractivity contribution in [1.82, 2.24) is 4.98 Å². The molecule has 0 saturated heterocycles. The summed E-state index contributed by atoms with van der Waals surface area (Å²) in [5.74, 6) is -0.261. The topological polar surface area (TPSA) is 73.1 Å².